The van der Waals surface area contributed by atoms with E-state index in [1.54, 1.807) is 0 Å². The second kappa shape index (κ2) is 16.8. The lowest BCUT2D eigenvalue weighted by atomic mass is 9.88. The third kappa shape index (κ3) is 7.05. The molecule has 0 atom stereocenters. The predicted molar refractivity (Wildman–Crippen MR) is 289 cm³/mol. The van der Waals surface area contributed by atoms with Gasteiger partial charge < -0.3 is 9.13 Å². The molecule has 2 aliphatic rings. The van der Waals surface area contributed by atoms with Crippen LogP contribution >= 0.6 is 0 Å². The molecule has 2 aromatic heterocycles. The first-order valence-corrected chi connectivity index (χ1v) is 24.0. The summed E-state index contributed by atoms with van der Waals surface area (Å²) in [5, 5.41) is 7.47. The minimum atomic E-state index is 0.995. The zero-order valence-corrected chi connectivity index (χ0v) is 37.8. The van der Waals surface area contributed by atoms with Crippen molar-refractivity contribution in [2.24, 2.45) is 0 Å². The topological polar surface area (TPSA) is 9.86 Å². The van der Waals surface area contributed by atoms with Crippen molar-refractivity contribution in [2.75, 3.05) is 0 Å². The molecule has 0 unspecified atom stereocenters. The van der Waals surface area contributed by atoms with Crippen LogP contribution in [0.25, 0.3) is 105 Å². The molecule has 0 bridgehead atoms. The van der Waals surface area contributed by atoms with E-state index in [2.05, 4.69) is 252 Å². The minimum Gasteiger partial charge on any atom is -0.310 e. The molecule has 13 rings (SSSR count). The van der Waals surface area contributed by atoms with Gasteiger partial charge in [0, 0.05) is 22.1 Å². The van der Waals surface area contributed by atoms with Crippen molar-refractivity contribution in [1.29, 1.82) is 0 Å². The van der Waals surface area contributed by atoms with E-state index in [1.165, 1.54) is 105 Å². The Hall–Kier alpha value is -8.46. The minimum absolute atomic E-state index is 0.995. The molecule has 11 aromatic rings. The molecule has 2 heteroatoms. The van der Waals surface area contributed by atoms with Gasteiger partial charge in [-0.05, 0) is 151 Å². The molecule has 0 aliphatic heterocycles. The van der Waals surface area contributed by atoms with Crippen molar-refractivity contribution in [3.8, 4) is 56.0 Å². The van der Waals surface area contributed by atoms with Crippen LogP contribution < -0.4 is 0 Å². The number of aromatic nitrogens is 2. The normalized spacial score (nSPS) is 13.9. The van der Waals surface area contributed by atoms with E-state index in [0.29, 0.717) is 0 Å². The van der Waals surface area contributed by atoms with Crippen molar-refractivity contribution < 1.29 is 0 Å². The van der Waals surface area contributed by atoms with Crippen LogP contribution in [0.15, 0.2) is 254 Å². The smallest absolute Gasteiger partial charge is 0.0542 e. The summed E-state index contributed by atoms with van der Waals surface area (Å²) in [6, 6.07) is 78.4. The molecule has 0 N–H and O–H groups in total. The monoisotopic (exact) mass is 868 g/mol. The zero-order valence-electron chi connectivity index (χ0n) is 37.8. The van der Waals surface area contributed by atoms with Gasteiger partial charge in [-0.1, -0.05) is 194 Å². The Labute approximate surface area is 397 Å². The Morgan fingerprint density at radius 3 is 1.35 bits per heavy atom. The van der Waals surface area contributed by atoms with Crippen molar-refractivity contribution >= 4 is 48.9 Å². The summed E-state index contributed by atoms with van der Waals surface area (Å²) in [4.78, 5) is 0. The summed E-state index contributed by atoms with van der Waals surface area (Å²) in [5.74, 6) is 0. The molecule has 322 valence electrons. The first-order chi connectivity index (χ1) is 33.7. The number of fused-ring (bicyclic) bond motifs is 4. The lowest BCUT2D eigenvalue weighted by molar-refractivity contribution is 0.899. The van der Waals surface area contributed by atoms with Crippen molar-refractivity contribution in [2.45, 2.75) is 25.7 Å². The summed E-state index contributed by atoms with van der Waals surface area (Å²) in [5.41, 5.74) is 19.9. The molecule has 2 aliphatic carbocycles. The van der Waals surface area contributed by atoms with E-state index in [0.717, 1.165) is 42.8 Å². The van der Waals surface area contributed by atoms with Gasteiger partial charge in [0.2, 0.25) is 0 Å². The van der Waals surface area contributed by atoms with Crippen LogP contribution in [0.2, 0.25) is 0 Å². The van der Waals surface area contributed by atoms with E-state index < -0.39 is 0 Å². The predicted octanol–water partition coefficient (Wildman–Crippen LogP) is 17.9. The van der Waals surface area contributed by atoms with Crippen LogP contribution in [0.3, 0.4) is 0 Å². The maximum absolute atomic E-state index is 2.51. The van der Waals surface area contributed by atoms with Crippen LogP contribution in [-0.4, -0.2) is 9.13 Å². The zero-order chi connectivity index (χ0) is 45.0. The second-order valence-electron chi connectivity index (χ2n) is 18.3. The fraction of sp³-hybridized carbons (Fsp3) is 0.0606. The third-order valence-electron chi connectivity index (χ3n) is 14.4. The number of allylic oxidation sites excluding steroid dienone is 8. The highest BCUT2D eigenvalue weighted by Crippen LogP contribution is 2.41. The lowest BCUT2D eigenvalue weighted by Gasteiger charge is -2.20. The number of nitrogens with zero attached hydrogens (tertiary/aromatic N) is 2. The van der Waals surface area contributed by atoms with Gasteiger partial charge in [0.1, 0.15) is 0 Å². The summed E-state index contributed by atoms with van der Waals surface area (Å²) < 4.78 is 4.98. The average molecular weight is 869 g/mol. The van der Waals surface area contributed by atoms with E-state index in [9.17, 15) is 0 Å². The van der Waals surface area contributed by atoms with E-state index >= 15 is 0 Å². The molecule has 0 amide bonds. The molecule has 68 heavy (non-hydrogen) atoms. The van der Waals surface area contributed by atoms with Gasteiger partial charge in [0.05, 0.1) is 22.4 Å². The Balaban J connectivity index is 0.984. The average Bonchev–Trinajstić information content (AvgIpc) is 3.98. The van der Waals surface area contributed by atoms with Crippen LogP contribution in [0.5, 0.6) is 0 Å². The molecule has 2 nitrogen and oxygen atoms in total. The van der Waals surface area contributed by atoms with Crippen LogP contribution in [0.4, 0.5) is 0 Å². The Morgan fingerprint density at radius 1 is 0.309 bits per heavy atom. The van der Waals surface area contributed by atoms with E-state index in [1.807, 2.05) is 0 Å². The summed E-state index contributed by atoms with van der Waals surface area (Å²) >= 11 is 0. The maximum Gasteiger partial charge on any atom is 0.0542 e. The summed E-state index contributed by atoms with van der Waals surface area (Å²) in [6.45, 7) is 0. The molecule has 9 aromatic carbocycles. The quantitative estimate of drug-likeness (QED) is 0.144. The highest BCUT2D eigenvalue weighted by molar-refractivity contribution is 6.03. The molecule has 0 radical (unpaired) electrons. The molecule has 0 fully saturated rings. The Bertz CT molecular complexity index is 3840. The van der Waals surface area contributed by atoms with Crippen molar-refractivity contribution in [3.05, 3.63) is 260 Å². The molecule has 0 spiro atoms. The van der Waals surface area contributed by atoms with Crippen molar-refractivity contribution in [1.82, 2.24) is 9.13 Å². The SMILES string of the molecule is C1=CCCC(C2=CC=C(c3cc4cc5c(cc(-c6ccc(-c7ccccc7)cc6)n5-c5ccc(-c6cccc7ccccc67)cc5)cc4n3-c3ccc(-c4cccc5ccccc45)cc3)CC2)=C1. The van der Waals surface area contributed by atoms with Gasteiger partial charge in [-0.15, -0.1) is 0 Å². The van der Waals surface area contributed by atoms with E-state index in [-0.39, 0.29) is 0 Å². The fourth-order valence-electron chi connectivity index (χ4n) is 10.9. The van der Waals surface area contributed by atoms with Gasteiger partial charge in [0.15, 0.2) is 0 Å². The number of hydrogen-bond acceptors (Lipinski definition) is 0. The molecular formula is C66H48N2. The largest absolute Gasteiger partial charge is 0.310 e. The highest BCUT2D eigenvalue weighted by atomic mass is 15.0. The number of hydrogen-bond donors (Lipinski definition) is 0. The van der Waals surface area contributed by atoms with Crippen LogP contribution in [0, 0.1) is 0 Å². The fourth-order valence-corrected chi connectivity index (χ4v) is 10.9. The molecule has 2 heterocycles. The van der Waals surface area contributed by atoms with Gasteiger partial charge in [-0.25, -0.2) is 0 Å². The standard InChI is InChI=1S/C66H48N2/c1-3-13-45(14-4-1)47-25-29-53(30-26-47)63-41-55-43-66-56(44-65(55)67(63)57-37-33-51(34-38-57)61-23-11-19-49-17-7-9-21-59(49)61)42-64(54-31-27-48(28-32-54)46-15-5-2-6-16-46)68(66)58-39-35-52(36-40-58)62-24-12-20-50-18-8-10-22-60(50)62/h1-5,7-15,17-27,29-31,33-44H,6,16,28,32H2. The van der Waals surface area contributed by atoms with E-state index in [4.69, 9.17) is 0 Å². The first kappa shape index (κ1) is 39.9. The first-order valence-electron chi connectivity index (χ1n) is 24.0. The van der Waals surface area contributed by atoms with Crippen LogP contribution in [-0.2, 0) is 0 Å². The van der Waals surface area contributed by atoms with Crippen LogP contribution in [0.1, 0.15) is 31.4 Å². The molecular weight excluding hydrogens is 821 g/mol. The number of benzene rings is 9. The molecule has 0 saturated heterocycles. The Kier molecular flexibility index (Phi) is 9.83. The highest BCUT2D eigenvalue weighted by Gasteiger charge is 2.22. The Morgan fingerprint density at radius 2 is 0.779 bits per heavy atom. The lowest BCUT2D eigenvalue weighted by Crippen LogP contribution is -2.03. The third-order valence-corrected chi connectivity index (χ3v) is 14.4. The van der Waals surface area contributed by atoms with Gasteiger partial charge in [-0.2, -0.15) is 0 Å². The summed E-state index contributed by atoms with van der Waals surface area (Å²) in [7, 11) is 0. The van der Waals surface area contributed by atoms with Gasteiger partial charge in [0.25, 0.3) is 0 Å². The maximum atomic E-state index is 2.51. The van der Waals surface area contributed by atoms with Crippen molar-refractivity contribution in [3.63, 3.8) is 0 Å². The number of rotatable bonds is 8. The second-order valence-corrected chi connectivity index (χ2v) is 18.3. The summed E-state index contributed by atoms with van der Waals surface area (Å²) in [6.07, 6.45) is 15.9. The molecule has 0 saturated carbocycles. The van der Waals surface area contributed by atoms with Gasteiger partial charge >= 0.3 is 0 Å². The van der Waals surface area contributed by atoms with Gasteiger partial charge in [-0.3, -0.25) is 0 Å².